The van der Waals surface area contributed by atoms with Crippen LogP contribution in [0.2, 0.25) is 0 Å². The number of carbonyl (C=O) groups is 1. The van der Waals surface area contributed by atoms with E-state index in [0.717, 1.165) is 10.6 Å². The molecule has 6 heteroatoms. The van der Waals surface area contributed by atoms with Gasteiger partial charge in [-0.3, -0.25) is 10.1 Å². The van der Waals surface area contributed by atoms with E-state index in [4.69, 9.17) is 0 Å². The monoisotopic (exact) mass is 344 g/mol. The maximum atomic E-state index is 12.0. The molecule has 0 atom stereocenters. The van der Waals surface area contributed by atoms with Crippen LogP contribution in [-0.2, 0) is 4.79 Å². The van der Waals surface area contributed by atoms with Crippen molar-refractivity contribution in [1.82, 2.24) is 14.8 Å². The molecule has 0 saturated heterocycles. The van der Waals surface area contributed by atoms with Crippen molar-refractivity contribution in [3.8, 4) is 0 Å². The van der Waals surface area contributed by atoms with Crippen molar-refractivity contribution in [3.63, 3.8) is 0 Å². The van der Waals surface area contributed by atoms with Gasteiger partial charge in [0, 0.05) is 23.5 Å². The third-order valence-electron chi connectivity index (χ3n) is 4.63. The van der Waals surface area contributed by atoms with E-state index in [1.165, 1.54) is 54.8 Å². The SMILES string of the molecule is Cc1nnc(NC(=O)/C=C/c2cc(C)n(C3CCCCC3)c2C)s1. The zero-order valence-electron chi connectivity index (χ0n) is 14.5. The summed E-state index contributed by atoms with van der Waals surface area (Å²) in [5, 5.41) is 11.9. The zero-order valence-corrected chi connectivity index (χ0v) is 15.3. The second-order valence-electron chi connectivity index (χ2n) is 6.44. The molecule has 1 fully saturated rings. The van der Waals surface area contributed by atoms with Crippen molar-refractivity contribution in [2.24, 2.45) is 0 Å². The molecule has 0 radical (unpaired) electrons. The lowest BCUT2D eigenvalue weighted by molar-refractivity contribution is -0.111. The maximum absolute atomic E-state index is 12.0. The molecule has 0 bridgehead atoms. The predicted octanol–water partition coefficient (Wildman–Crippen LogP) is 4.42. The standard InChI is InChI=1S/C18H24N4OS/c1-12-11-15(13(2)22(12)16-7-5-4-6-8-16)9-10-17(23)19-18-21-20-14(3)24-18/h9-11,16H,4-8H2,1-3H3,(H,19,21,23)/b10-9+. The van der Waals surface area contributed by atoms with Gasteiger partial charge in [0.05, 0.1) is 0 Å². The average Bonchev–Trinajstić information content (AvgIpc) is 3.09. The van der Waals surface area contributed by atoms with Gasteiger partial charge in [-0.05, 0) is 51.3 Å². The molecule has 2 heterocycles. The van der Waals surface area contributed by atoms with Gasteiger partial charge < -0.3 is 4.57 Å². The first-order chi connectivity index (χ1) is 11.5. The summed E-state index contributed by atoms with van der Waals surface area (Å²) in [4.78, 5) is 12.0. The number of hydrogen-bond acceptors (Lipinski definition) is 4. The average molecular weight is 344 g/mol. The smallest absolute Gasteiger partial charge is 0.250 e. The normalized spacial score (nSPS) is 16.0. The summed E-state index contributed by atoms with van der Waals surface area (Å²) in [5.74, 6) is -0.173. The third-order valence-corrected chi connectivity index (χ3v) is 5.39. The van der Waals surface area contributed by atoms with E-state index in [1.54, 1.807) is 6.08 Å². The van der Waals surface area contributed by atoms with Crippen LogP contribution in [0, 0.1) is 20.8 Å². The number of carbonyl (C=O) groups excluding carboxylic acids is 1. The number of rotatable bonds is 4. The fourth-order valence-electron chi connectivity index (χ4n) is 3.53. The number of nitrogens with zero attached hydrogens (tertiary/aromatic N) is 3. The van der Waals surface area contributed by atoms with Crippen molar-refractivity contribution in [2.45, 2.75) is 58.9 Å². The van der Waals surface area contributed by atoms with Gasteiger partial charge in [-0.15, -0.1) is 10.2 Å². The molecule has 2 aromatic rings. The Bertz CT molecular complexity index is 753. The van der Waals surface area contributed by atoms with Crippen LogP contribution in [0.5, 0.6) is 0 Å². The van der Waals surface area contributed by atoms with Crippen LogP contribution >= 0.6 is 11.3 Å². The summed E-state index contributed by atoms with van der Waals surface area (Å²) in [5.41, 5.74) is 3.64. The molecule has 128 valence electrons. The molecule has 1 aliphatic rings. The summed E-state index contributed by atoms with van der Waals surface area (Å²) in [7, 11) is 0. The van der Waals surface area contributed by atoms with Crippen molar-refractivity contribution in [1.29, 1.82) is 0 Å². The Kier molecular flexibility index (Phi) is 5.14. The fraction of sp³-hybridized carbons (Fsp3) is 0.500. The van der Waals surface area contributed by atoms with E-state index >= 15 is 0 Å². The molecule has 2 aromatic heterocycles. The zero-order chi connectivity index (χ0) is 17.1. The first-order valence-electron chi connectivity index (χ1n) is 8.52. The van der Waals surface area contributed by atoms with Crippen molar-refractivity contribution in [2.75, 3.05) is 5.32 Å². The van der Waals surface area contributed by atoms with Gasteiger partial charge in [0.25, 0.3) is 0 Å². The van der Waals surface area contributed by atoms with Crippen LogP contribution in [0.4, 0.5) is 5.13 Å². The highest BCUT2D eigenvalue weighted by molar-refractivity contribution is 7.15. The Morgan fingerprint density at radius 2 is 2.00 bits per heavy atom. The fourth-order valence-corrected chi connectivity index (χ4v) is 4.13. The molecule has 1 saturated carbocycles. The first-order valence-corrected chi connectivity index (χ1v) is 9.34. The molecule has 5 nitrogen and oxygen atoms in total. The Morgan fingerprint density at radius 1 is 1.25 bits per heavy atom. The second-order valence-corrected chi connectivity index (χ2v) is 7.62. The van der Waals surface area contributed by atoms with E-state index in [-0.39, 0.29) is 5.91 Å². The molecule has 0 aromatic carbocycles. The summed E-state index contributed by atoms with van der Waals surface area (Å²) in [6, 6.07) is 2.78. The van der Waals surface area contributed by atoms with Crippen LogP contribution in [0.3, 0.4) is 0 Å². The summed E-state index contributed by atoms with van der Waals surface area (Å²) < 4.78 is 2.45. The number of aryl methyl sites for hydroxylation is 2. The lowest BCUT2D eigenvalue weighted by Crippen LogP contribution is -2.15. The lowest BCUT2D eigenvalue weighted by atomic mass is 9.95. The van der Waals surface area contributed by atoms with Gasteiger partial charge in [-0.1, -0.05) is 30.6 Å². The highest BCUT2D eigenvalue weighted by atomic mass is 32.1. The number of nitrogens with one attached hydrogen (secondary N) is 1. The van der Waals surface area contributed by atoms with Crippen molar-refractivity contribution < 1.29 is 4.79 Å². The van der Waals surface area contributed by atoms with Crippen LogP contribution < -0.4 is 5.32 Å². The Morgan fingerprint density at radius 3 is 2.67 bits per heavy atom. The third kappa shape index (κ3) is 3.75. The van der Waals surface area contributed by atoms with E-state index in [2.05, 4.69) is 40.0 Å². The highest BCUT2D eigenvalue weighted by Gasteiger charge is 2.19. The molecular weight excluding hydrogens is 320 g/mol. The minimum absolute atomic E-state index is 0.173. The van der Waals surface area contributed by atoms with Gasteiger partial charge >= 0.3 is 0 Å². The van der Waals surface area contributed by atoms with Gasteiger partial charge in [0.15, 0.2) is 0 Å². The minimum atomic E-state index is -0.173. The van der Waals surface area contributed by atoms with E-state index < -0.39 is 0 Å². The minimum Gasteiger partial charge on any atom is -0.346 e. The van der Waals surface area contributed by atoms with Gasteiger partial charge in [-0.2, -0.15) is 0 Å². The molecule has 1 aliphatic carbocycles. The molecule has 0 aliphatic heterocycles. The largest absolute Gasteiger partial charge is 0.346 e. The van der Waals surface area contributed by atoms with Crippen molar-refractivity contribution >= 4 is 28.5 Å². The second kappa shape index (κ2) is 7.30. The van der Waals surface area contributed by atoms with Crippen LogP contribution in [-0.4, -0.2) is 20.7 Å². The summed E-state index contributed by atoms with van der Waals surface area (Å²) in [6.45, 7) is 6.17. The first kappa shape index (κ1) is 16.9. The van der Waals surface area contributed by atoms with Gasteiger partial charge in [0.2, 0.25) is 11.0 Å². The quantitative estimate of drug-likeness (QED) is 0.835. The van der Waals surface area contributed by atoms with Crippen molar-refractivity contribution in [3.05, 3.63) is 34.1 Å². The molecular formula is C18H24N4OS. The predicted molar refractivity (Wildman–Crippen MR) is 98.3 cm³/mol. The maximum Gasteiger partial charge on any atom is 0.250 e. The summed E-state index contributed by atoms with van der Waals surface area (Å²) >= 11 is 1.37. The van der Waals surface area contributed by atoms with E-state index in [1.807, 2.05) is 13.0 Å². The topological polar surface area (TPSA) is 59.8 Å². The number of aromatic nitrogens is 3. The molecule has 3 rings (SSSR count). The highest BCUT2D eigenvalue weighted by Crippen LogP contribution is 2.32. The lowest BCUT2D eigenvalue weighted by Gasteiger charge is -2.26. The molecule has 1 N–H and O–H groups in total. The Balaban J connectivity index is 1.71. The van der Waals surface area contributed by atoms with Crippen LogP contribution in [0.15, 0.2) is 12.1 Å². The Hall–Kier alpha value is -1.95. The van der Waals surface area contributed by atoms with Gasteiger partial charge in [0.1, 0.15) is 5.01 Å². The summed E-state index contributed by atoms with van der Waals surface area (Å²) in [6.07, 6.45) is 9.97. The van der Waals surface area contributed by atoms with Crippen LogP contribution in [0.25, 0.3) is 6.08 Å². The van der Waals surface area contributed by atoms with Gasteiger partial charge in [-0.25, -0.2) is 0 Å². The van der Waals surface area contributed by atoms with Crippen LogP contribution in [0.1, 0.15) is 60.1 Å². The molecule has 0 unspecified atom stereocenters. The Labute approximate surface area is 146 Å². The molecule has 24 heavy (non-hydrogen) atoms. The number of hydrogen-bond donors (Lipinski definition) is 1. The van der Waals surface area contributed by atoms with E-state index in [0.29, 0.717) is 11.2 Å². The number of amides is 1. The molecule has 0 spiro atoms. The van der Waals surface area contributed by atoms with E-state index in [9.17, 15) is 4.79 Å². The molecule has 1 amide bonds. The number of anilines is 1.